The van der Waals surface area contributed by atoms with Crippen LogP contribution in [-0.2, 0) is 0 Å². The zero-order valence-corrected chi connectivity index (χ0v) is 10.3. The number of carbonyl (C=O) groups excluding carboxylic acids is 1. The Morgan fingerprint density at radius 3 is 2.87 bits per heavy atom. The first-order valence-corrected chi connectivity index (χ1v) is 5.43. The molecule has 1 amide bonds. The molecule has 1 aromatic heterocycles. The van der Waals surface area contributed by atoms with Crippen molar-refractivity contribution in [3.05, 3.63) is 40.1 Å². The van der Waals surface area contributed by atoms with Crippen LogP contribution in [0.15, 0.2) is 34.5 Å². The molecule has 0 bridgehead atoms. The second-order valence-electron chi connectivity index (χ2n) is 3.34. The zero-order chi connectivity index (χ0) is 11.3. The Morgan fingerprint density at radius 2 is 2.27 bits per heavy atom. The van der Waals surface area contributed by atoms with Gasteiger partial charge in [-0.25, -0.2) is 4.98 Å². The Balaban J connectivity index is 2.58. The fourth-order valence-electron chi connectivity index (χ4n) is 0.973. The van der Waals surface area contributed by atoms with Gasteiger partial charge >= 0.3 is 0 Å². The molecule has 0 saturated heterocycles. The third-order valence-corrected chi connectivity index (χ3v) is 2.16. The molecule has 0 saturated carbocycles. The molecule has 1 aromatic rings. The molecule has 0 aliphatic heterocycles. The summed E-state index contributed by atoms with van der Waals surface area (Å²) in [6.45, 7) is 4.52. The van der Waals surface area contributed by atoms with Gasteiger partial charge in [0.05, 0.1) is 0 Å². The van der Waals surface area contributed by atoms with Crippen molar-refractivity contribution in [2.45, 2.75) is 13.8 Å². The van der Waals surface area contributed by atoms with Gasteiger partial charge in [-0.1, -0.05) is 17.7 Å². The second kappa shape index (κ2) is 5.66. The summed E-state index contributed by atoms with van der Waals surface area (Å²) in [4.78, 5) is 15.6. The molecule has 1 heterocycles. The van der Waals surface area contributed by atoms with E-state index in [0.29, 0.717) is 16.8 Å². The van der Waals surface area contributed by atoms with Gasteiger partial charge in [-0.05, 0) is 41.9 Å². The smallest absolute Gasteiger partial charge is 0.270 e. The van der Waals surface area contributed by atoms with Crippen LogP contribution >= 0.6 is 15.9 Å². The van der Waals surface area contributed by atoms with Gasteiger partial charge in [0.1, 0.15) is 10.3 Å². The first-order valence-electron chi connectivity index (χ1n) is 4.63. The maximum absolute atomic E-state index is 11.6. The summed E-state index contributed by atoms with van der Waals surface area (Å²) in [6, 6.07) is 5.25. The highest BCUT2D eigenvalue weighted by molar-refractivity contribution is 9.10. The highest BCUT2D eigenvalue weighted by Gasteiger charge is 2.05. The fraction of sp³-hybridized carbons (Fsp3) is 0.273. The monoisotopic (exact) mass is 268 g/mol. The largest absolute Gasteiger partial charge is 0.347 e. The molecule has 0 fully saturated rings. The summed E-state index contributed by atoms with van der Waals surface area (Å²) < 4.78 is 0.664. The number of amides is 1. The van der Waals surface area contributed by atoms with Crippen LogP contribution in [0.25, 0.3) is 0 Å². The molecule has 3 nitrogen and oxygen atoms in total. The van der Waals surface area contributed by atoms with Crippen molar-refractivity contribution in [1.29, 1.82) is 0 Å². The molecule has 80 valence electrons. The lowest BCUT2D eigenvalue weighted by atomic mass is 10.3. The Labute approximate surface area is 97.7 Å². The van der Waals surface area contributed by atoms with Crippen LogP contribution in [0, 0.1) is 0 Å². The van der Waals surface area contributed by atoms with Crippen molar-refractivity contribution in [3.8, 4) is 0 Å². The summed E-state index contributed by atoms with van der Waals surface area (Å²) >= 11 is 3.22. The zero-order valence-electron chi connectivity index (χ0n) is 8.75. The average Bonchev–Trinajstić information content (AvgIpc) is 2.17. The highest BCUT2D eigenvalue weighted by Crippen LogP contribution is 2.05. The molecule has 0 aromatic carbocycles. The standard InChI is InChI=1S/C11H13BrN2O/c1-8(2)6-7-13-11(15)9-4-3-5-10(12)14-9/h3-6H,7H2,1-2H3,(H,13,15). The van der Waals surface area contributed by atoms with E-state index in [0.717, 1.165) is 0 Å². The number of rotatable bonds is 3. The Hall–Kier alpha value is -1.16. The molecule has 4 heteroatoms. The summed E-state index contributed by atoms with van der Waals surface area (Å²) in [5.74, 6) is -0.159. The fourth-order valence-corrected chi connectivity index (χ4v) is 1.32. The number of allylic oxidation sites excluding steroid dienone is 1. The number of hydrogen-bond acceptors (Lipinski definition) is 2. The quantitative estimate of drug-likeness (QED) is 0.676. The molecule has 0 radical (unpaired) electrons. The highest BCUT2D eigenvalue weighted by atomic mass is 79.9. The molecule has 0 unspecified atom stereocenters. The van der Waals surface area contributed by atoms with Gasteiger partial charge in [-0.3, -0.25) is 4.79 Å². The van der Waals surface area contributed by atoms with E-state index in [1.54, 1.807) is 18.2 Å². The predicted molar refractivity (Wildman–Crippen MR) is 63.7 cm³/mol. The van der Waals surface area contributed by atoms with Gasteiger partial charge in [0.15, 0.2) is 0 Å². The maximum atomic E-state index is 11.6. The average molecular weight is 269 g/mol. The SMILES string of the molecule is CC(C)=CCNC(=O)c1cccc(Br)n1. The molecule has 0 aliphatic carbocycles. The Morgan fingerprint density at radius 1 is 1.53 bits per heavy atom. The van der Waals surface area contributed by atoms with Crippen molar-refractivity contribution in [2.24, 2.45) is 0 Å². The number of carbonyl (C=O) groups is 1. The van der Waals surface area contributed by atoms with Crippen molar-refractivity contribution < 1.29 is 4.79 Å². The molecule has 1 N–H and O–H groups in total. The molecule has 15 heavy (non-hydrogen) atoms. The molecular weight excluding hydrogens is 256 g/mol. The van der Waals surface area contributed by atoms with Crippen LogP contribution in [-0.4, -0.2) is 17.4 Å². The van der Waals surface area contributed by atoms with Gasteiger partial charge in [0.25, 0.3) is 5.91 Å². The number of pyridine rings is 1. The van der Waals surface area contributed by atoms with E-state index in [2.05, 4.69) is 26.2 Å². The van der Waals surface area contributed by atoms with Crippen LogP contribution in [0.1, 0.15) is 24.3 Å². The van der Waals surface area contributed by atoms with Crippen LogP contribution < -0.4 is 5.32 Å². The van der Waals surface area contributed by atoms with Gasteiger partial charge < -0.3 is 5.32 Å². The van der Waals surface area contributed by atoms with Crippen LogP contribution in [0.2, 0.25) is 0 Å². The lowest BCUT2D eigenvalue weighted by molar-refractivity contribution is 0.0953. The first-order chi connectivity index (χ1) is 7.09. The summed E-state index contributed by atoms with van der Waals surface area (Å²) in [5, 5.41) is 2.76. The van der Waals surface area contributed by atoms with Crippen LogP contribution in [0.5, 0.6) is 0 Å². The van der Waals surface area contributed by atoms with Gasteiger partial charge in [-0.2, -0.15) is 0 Å². The summed E-state index contributed by atoms with van der Waals surface area (Å²) in [6.07, 6.45) is 1.95. The van der Waals surface area contributed by atoms with E-state index in [-0.39, 0.29) is 5.91 Å². The maximum Gasteiger partial charge on any atom is 0.270 e. The molecule has 0 spiro atoms. The van der Waals surface area contributed by atoms with Crippen molar-refractivity contribution in [2.75, 3.05) is 6.54 Å². The minimum absolute atomic E-state index is 0.159. The summed E-state index contributed by atoms with van der Waals surface area (Å²) in [5.41, 5.74) is 1.60. The van der Waals surface area contributed by atoms with E-state index in [1.165, 1.54) is 5.57 Å². The van der Waals surface area contributed by atoms with Gasteiger partial charge in [-0.15, -0.1) is 0 Å². The molecule has 1 rings (SSSR count). The summed E-state index contributed by atoms with van der Waals surface area (Å²) in [7, 11) is 0. The Bertz CT molecular complexity index is 384. The topological polar surface area (TPSA) is 42.0 Å². The minimum atomic E-state index is -0.159. The van der Waals surface area contributed by atoms with Crippen molar-refractivity contribution in [3.63, 3.8) is 0 Å². The molecule has 0 atom stereocenters. The van der Waals surface area contributed by atoms with Crippen molar-refractivity contribution in [1.82, 2.24) is 10.3 Å². The number of aromatic nitrogens is 1. The third-order valence-electron chi connectivity index (χ3n) is 1.72. The number of nitrogens with zero attached hydrogens (tertiary/aromatic N) is 1. The van der Waals surface area contributed by atoms with E-state index in [1.807, 2.05) is 19.9 Å². The first kappa shape index (κ1) is 11.9. The van der Waals surface area contributed by atoms with E-state index in [9.17, 15) is 4.79 Å². The number of halogens is 1. The number of hydrogen-bond donors (Lipinski definition) is 1. The lowest BCUT2D eigenvalue weighted by Gasteiger charge is -2.02. The predicted octanol–water partition coefficient (Wildman–Crippen LogP) is 2.54. The molecular formula is C11H13BrN2O. The Kier molecular flexibility index (Phi) is 4.49. The second-order valence-corrected chi connectivity index (χ2v) is 4.15. The number of nitrogens with one attached hydrogen (secondary N) is 1. The third kappa shape index (κ3) is 4.25. The molecule has 0 aliphatic rings. The van der Waals surface area contributed by atoms with Crippen LogP contribution in [0.4, 0.5) is 0 Å². The van der Waals surface area contributed by atoms with Crippen molar-refractivity contribution >= 4 is 21.8 Å². The van der Waals surface area contributed by atoms with E-state index in [4.69, 9.17) is 0 Å². The van der Waals surface area contributed by atoms with Gasteiger partial charge in [0.2, 0.25) is 0 Å². The lowest BCUT2D eigenvalue weighted by Crippen LogP contribution is -2.24. The van der Waals surface area contributed by atoms with E-state index < -0.39 is 0 Å². The normalized spacial score (nSPS) is 9.53. The van der Waals surface area contributed by atoms with E-state index >= 15 is 0 Å². The minimum Gasteiger partial charge on any atom is -0.347 e. The van der Waals surface area contributed by atoms with Crippen LogP contribution in [0.3, 0.4) is 0 Å². The van der Waals surface area contributed by atoms with Gasteiger partial charge in [0, 0.05) is 6.54 Å².